The van der Waals surface area contributed by atoms with Gasteiger partial charge in [0.1, 0.15) is 0 Å². The maximum Gasteiger partial charge on any atom is 0.252 e. The van der Waals surface area contributed by atoms with Crippen LogP contribution in [0.25, 0.3) is 22.2 Å². The quantitative estimate of drug-likeness (QED) is 0.637. The normalized spacial score (nSPS) is 11.1. The van der Waals surface area contributed by atoms with Gasteiger partial charge < -0.3 is 10.2 Å². The van der Waals surface area contributed by atoms with Crippen LogP contribution in [0.1, 0.15) is 22.3 Å². The number of hydrogen-bond acceptors (Lipinski definition) is 3. The maximum atomic E-state index is 13.0. The minimum Gasteiger partial charge on any atom is -0.352 e. The number of fused-ring (bicyclic) bond motifs is 1. The van der Waals surface area contributed by atoms with Crippen LogP contribution >= 0.6 is 11.6 Å². The number of nitrogens with one attached hydrogen (secondary N) is 1. The van der Waals surface area contributed by atoms with E-state index in [4.69, 9.17) is 16.6 Å². The molecular weight excluding hydrogens is 358 g/mol. The number of para-hydroxylation sites is 1. The summed E-state index contributed by atoms with van der Waals surface area (Å²) in [5.41, 5.74) is 4.14. The molecule has 0 aliphatic carbocycles. The third-order valence-electron chi connectivity index (χ3n) is 4.55. The molecule has 0 fully saturated rings. The van der Waals surface area contributed by atoms with E-state index in [1.807, 2.05) is 69.6 Å². The smallest absolute Gasteiger partial charge is 0.252 e. The van der Waals surface area contributed by atoms with Crippen molar-refractivity contribution in [2.75, 3.05) is 27.2 Å². The van der Waals surface area contributed by atoms with E-state index in [0.29, 0.717) is 17.1 Å². The fourth-order valence-corrected chi connectivity index (χ4v) is 3.30. The Bertz CT molecular complexity index is 952. The molecule has 3 aromatic rings. The summed E-state index contributed by atoms with van der Waals surface area (Å²) in [5, 5.41) is 4.61. The molecule has 0 atom stereocenters. The zero-order chi connectivity index (χ0) is 19.4. The predicted molar refractivity (Wildman–Crippen MR) is 112 cm³/mol. The van der Waals surface area contributed by atoms with Crippen molar-refractivity contribution in [3.8, 4) is 11.3 Å². The zero-order valence-electron chi connectivity index (χ0n) is 15.9. The van der Waals surface area contributed by atoms with Crippen LogP contribution in [0.4, 0.5) is 0 Å². The van der Waals surface area contributed by atoms with Gasteiger partial charge in [-0.25, -0.2) is 4.98 Å². The molecule has 0 saturated carbocycles. The third-order valence-corrected chi connectivity index (χ3v) is 4.80. The SMILES string of the molecule is Cc1c(-c2ccc(Cl)cc2)nc2ccccc2c1C(=O)NCCCN(C)C. The summed E-state index contributed by atoms with van der Waals surface area (Å²) in [5.74, 6) is -0.0555. The molecule has 1 heterocycles. The summed E-state index contributed by atoms with van der Waals surface area (Å²) in [6.07, 6.45) is 0.908. The van der Waals surface area contributed by atoms with Gasteiger partial charge in [-0.1, -0.05) is 41.9 Å². The standard InChI is InChI=1S/C22H24ClN3O/c1-15-20(22(27)24-13-6-14-26(2)3)18-7-4-5-8-19(18)25-21(15)16-9-11-17(23)12-10-16/h4-5,7-12H,6,13-14H2,1-3H3,(H,24,27). The van der Waals surface area contributed by atoms with Crippen LogP contribution < -0.4 is 5.32 Å². The van der Waals surface area contributed by atoms with Gasteiger partial charge in [0.05, 0.1) is 16.8 Å². The number of pyridine rings is 1. The minimum atomic E-state index is -0.0555. The number of rotatable bonds is 6. The van der Waals surface area contributed by atoms with Crippen molar-refractivity contribution in [1.29, 1.82) is 0 Å². The number of carbonyl (C=O) groups excluding carboxylic acids is 1. The number of hydrogen-bond donors (Lipinski definition) is 1. The highest BCUT2D eigenvalue weighted by atomic mass is 35.5. The summed E-state index contributed by atoms with van der Waals surface area (Å²) in [6.45, 7) is 3.54. The Morgan fingerprint density at radius 3 is 2.52 bits per heavy atom. The Balaban J connectivity index is 2.01. The second-order valence-corrected chi connectivity index (χ2v) is 7.33. The van der Waals surface area contributed by atoms with Crippen LogP contribution in [0.3, 0.4) is 0 Å². The van der Waals surface area contributed by atoms with Gasteiger partial charge in [-0.05, 0) is 57.7 Å². The van der Waals surface area contributed by atoms with Crippen LogP contribution in [-0.2, 0) is 0 Å². The molecule has 140 valence electrons. The van der Waals surface area contributed by atoms with Crippen molar-refractivity contribution in [3.63, 3.8) is 0 Å². The van der Waals surface area contributed by atoms with Crippen molar-refractivity contribution >= 4 is 28.4 Å². The van der Waals surface area contributed by atoms with Crippen LogP contribution in [0, 0.1) is 6.92 Å². The Morgan fingerprint density at radius 1 is 1.11 bits per heavy atom. The summed E-state index contributed by atoms with van der Waals surface area (Å²) >= 11 is 6.02. The average molecular weight is 382 g/mol. The fourth-order valence-electron chi connectivity index (χ4n) is 3.17. The molecule has 0 bridgehead atoms. The number of amides is 1. The van der Waals surface area contributed by atoms with Crippen molar-refractivity contribution in [2.45, 2.75) is 13.3 Å². The number of nitrogens with zero attached hydrogens (tertiary/aromatic N) is 2. The van der Waals surface area contributed by atoms with Gasteiger partial charge in [0.25, 0.3) is 5.91 Å². The van der Waals surface area contributed by atoms with Crippen LogP contribution in [0.2, 0.25) is 5.02 Å². The lowest BCUT2D eigenvalue weighted by Gasteiger charge is -2.15. The summed E-state index contributed by atoms with van der Waals surface area (Å²) in [6, 6.07) is 15.3. The molecule has 0 radical (unpaired) electrons. The first-order chi connectivity index (χ1) is 13.0. The van der Waals surface area contributed by atoms with Crippen LogP contribution in [0.5, 0.6) is 0 Å². The van der Waals surface area contributed by atoms with Crippen molar-refractivity contribution in [2.24, 2.45) is 0 Å². The molecular formula is C22H24ClN3O. The molecule has 2 aromatic carbocycles. The highest BCUT2D eigenvalue weighted by Crippen LogP contribution is 2.30. The fraction of sp³-hybridized carbons (Fsp3) is 0.273. The van der Waals surface area contributed by atoms with E-state index in [9.17, 15) is 4.79 Å². The molecule has 3 rings (SSSR count). The minimum absolute atomic E-state index is 0.0555. The van der Waals surface area contributed by atoms with Gasteiger partial charge in [-0.3, -0.25) is 4.79 Å². The third kappa shape index (κ3) is 4.46. The molecule has 1 N–H and O–H groups in total. The molecule has 1 amide bonds. The number of aromatic nitrogens is 1. The Kier molecular flexibility index (Phi) is 6.09. The van der Waals surface area contributed by atoms with Gasteiger partial charge in [-0.2, -0.15) is 0 Å². The summed E-state index contributed by atoms with van der Waals surface area (Å²) < 4.78 is 0. The van der Waals surface area contributed by atoms with Gasteiger partial charge in [0.2, 0.25) is 0 Å². The van der Waals surface area contributed by atoms with E-state index in [-0.39, 0.29) is 5.91 Å². The number of benzene rings is 2. The Hall–Kier alpha value is -2.43. The molecule has 0 aliphatic heterocycles. The second-order valence-electron chi connectivity index (χ2n) is 6.90. The molecule has 5 heteroatoms. The summed E-state index contributed by atoms with van der Waals surface area (Å²) in [4.78, 5) is 19.9. The molecule has 0 unspecified atom stereocenters. The Labute approximate surface area is 165 Å². The van der Waals surface area contributed by atoms with Crippen molar-refractivity contribution in [1.82, 2.24) is 15.2 Å². The van der Waals surface area contributed by atoms with Crippen LogP contribution in [0.15, 0.2) is 48.5 Å². The molecule has 0 aliphatic rings. The van der Waals surface area contributed by atoms with Gasteiger partial charge in [-0.15, -0.1) is 0 Å². The van der Waals surface area contributed by atoms with E-state index in [1.165, 1.54) is 0 Å². The van der Waals surface area contributed by atoms with Gasteiger partial charge in [0, 0.05) is 22.5 Å². The lowest BCUT2D eigenvalue weighted by atomic mass is 9.97. The first kappa shape index (κ1) is 19.3. The van der Waals surface area contributed by atoms with Gasteiger partial charge >= 0.3 is 0 Å². The van der Waals surface area contributed by atoms with Crippen LogP contribution in [-0.4, -0.2) is 43.0 Å². The average Bonchev–Trinajstić information content (AvgIpc) is 2.65. The lowest BCUT2D eigenvalue weighted by Crippen LogP contribution is -2.28. The lowest BCUT2D eigenvalue weighted by molar-refractivity contribution is 0.0953. The van der Waals surface area contributed by atoms with E-state index >= 15 is 0 Å². The molecule has 0 saturated heterocycles. The Morgan fingerprint density at radius 2 is 1.81 bits per heavy atom. The molecule has 27 heavy (non-hydrogen) atoms. The number of carbonyl (C=O) groups is 1. The molecule has 0 spiro atoms. The largest absolute Gasteiger partial charge is 0.352 e. The number of halogens is 1. The topological polar surface area (TPSA) is 45.2 Å². The molecule has 4 nitrogen and oxygen atoms in total. The van der Waals surface area contributed by atoms with E-state index in [2.05, 4.69) is 10.2 Å². The van der Waals surface area contributed by atoms with E-state index in [1.54, 1.807) is 0 Å². The highest BCUT2D eigenvalue weighted by Gasteiger charge is 2.18. The first-order valence-corrected chi connectivity index (χ1v) is 9.43. The highest BCUT2D eigenvalue weighted by molar-refractivity contribution is 6.30. The van der Waals surface area contributed by atoms with E-state index < -0.39 is 0 Å². The molecule has 1 aromatic heterocycles. The van der Waals surface area contributed by atoms with Gasteiger partial charge in [0.15, 0.2) is 0 Å². The van der Waals surface area contributed by atoms with E-state index in [0.717, 1.165) is 40.7 Å². The second kappa shape index (κ2) is 8.51. The zero-order valence-corrected chi connectivity index (χ0v) is 16.7. The van der Waals surface area contributed by atoms with Crippen molar-refractivity contribution in [3.05, 3.63) is 64.7 Å². The maximum absolute atomic E-state index is 13.0. The monoisotopic (exact) mass is 381 g/mol. The first-order valence-electron chi connectivity index (χ1n) is 9.05. The van der Waals surface area contributed by atoms with Crippen molar-refractivity contribution < 1.29 is 4.79 Å². The predicted octanol–water partition coefficient (Wildman–Crippen LogP) is 4.55. The summed E-state index contributed by atoms with van der Waals surface area (Å²) in [7, 11) is 4.06.